The molecule has 0 aromatic heterocycles. The van der Waals surface area contributed by atoms with Crippen LogP contribution in [0.15, 0.2) is 12.2 Å². The number of allylic oxidation sites excluding steroid dienone is 1. The fourth-order valence-corrected chi connectivity index (χ4v) is 2.30. The molecule has 0 spiro atoms. The van der Waals surface area contributed by atoms with Crippen LogP contribution < -0.4 is 0 Å². The zero-order chi connectivity index (χ0) is 16.3. The first-order valence-corrected chi connectivity index (χ1v) is 9.34. The molecule has 0 aromatic carbocycles. The number of ether oxygens (including phenoxy) is 2. The monoisotopic (exact) mass is 314 g/mol. The van der Waals surface area contributed by atoms with Crippen molar-refractivity contribution in [3.05, 3.63) is 12.2 Å². The van der Waals surface area contributed by atoms with Crippen LogP contribution >= 0.6 is 0 Å². The smallest absolute Gasteiger partial charge is 0.157 e. The molecule has 0 aromatic rings. The van der Waals surface area contributed by atoms with Crippen molar-refractivity contribution in [3.8, 4) is 0 Å². The topological polar surface area (TPSA) is 38.7 Å². The van der Waals surface area contributed by atoms with Gasteiger partial charge in [0.1, 0.15) is 0 Å². The van der Waals surface area contributed by atoms with Crippen molar-refractivity contribution in [2.75, 3.05) is 19.8 Å². The molecule has 0 fully saturated rings. The van der Waals surface area contributed by atoms with E-state index in [1.165, 1.54) is 38.5 Å². The molecule has 1 N–H and O–H groups in total. The van der Waals surface area contributed by atoms with Crippen LogP contribution in [-0.2, 0) is 9.47 Å². The number of unbranched alkanes of at least 4 members (excludes halogenated alkanes) is 6. The molecule has 3 heteroatoms. The highest BCUT2D eigenvalue weighted by atomic mass is 16.7. The van der Waals surface area contributed by atoms with Crippen molar-refractivity contribution in [2.24, 2.45) is 0 Å². The van der Waals surface area contributed by atoms with Gasteiger partial charge < -0.3 is 14.6 Å². The SMILES string of the molecule is CCCOC(CCCCCCCC/C=C/CCO)OCCC. The van der Waals surface area contributed by atoms with Crippen molar-refractivity contribution in [1.29, 1.82) is 0 Å². The molecule has 0 unspecified atom stereocenters. The highest BCUT2D eigenvalue weighted by molar-refractivity contribution is 4.80. The number of aliphatic hydroxyl groups is 1. The second-order valence-corrected chi connectivity index (χ2v) is 5.85. The van der Waals surface area contributed by atoms with Gasteiger partial charge in [0, 0.05) is 19.8 Å². The van der Waals surface area contributed by atoms with E-state index < -0.39 is 0 Å². The molecule has 132 valence electrons. The van der Waals surface area contributed by atoms with E-state index >= 15 is 0 Å². The number of hydrogen-bond donors (Lipinski definition) is 1. The van der Waals surface area contributed by atoms with Gasteiger partial charge in [-0.1, -0.05) is 51.7 Å². The summed E-state index contributed by atoms with van der Waals surface area (Å²) >= 11 is 0. The molecular formula is C19H38O3. The van der Waals surface area contributed by atoms with E-state index in [1.54, 1.807) is 0 Å². The first-order valence-electron chi connectivity index (χ1n) is 9.34. The van der Waals surface area contributed by atoms with Crippen molar-refractivity contribution >= 4 is 0 Å². The molecule has 0 aliphatic rings. The fourth-order valence-electron chi connectivity index (χ4n) is 2.30. The van der Waals surface area contributed by atoms with E-state index in [2.05, 4.69) is 26.0 Å². The minimum absolute atomic E-state index is 0.0107. The number of rotatable bonds is 17. The molecule has 3 nitrogen and oxygen atoms in total. The first-order chi connectivity index (χ1) is 10.8. The van der Waals surface area contributed by atoms with Crippen molar-refractivity contribution in [1.82, 2.24) is 0 Å². The largest absolute Gasteiger partial charge is 0.396 e. The Morgan fingerprint density at radius 1 is 0.773 bits per heavy atom. The molecule has 0 atom stereocenters. The Balaban J connectivity index is 3.40. The zero-order valence-electron chi connectivity index (χ0n) is 14.9. The second kappa shape index (κ2) is 18.7. The molecular weight excluding hydrogens is 276 g/mol. The predicted octanol–water partition coefficient (Wildman–Crippen LogP) is 5.23. The zero-order valence-corrected chi connectivity index (χ0v) is 14.9. The van der Waals surface area contributed by atoms with Gasteiger partial charge in [-0.25, -0.2) is 0 Å². The number of aliphatic hydroxyl groups excluding tert-OH is 1. The molecule has 0 amide bonds. The summed E-state index contributed by atoms with van der Waals surface area (Å²) in [6.07, 6.45) is 17.1. The molecule has 0 heterocycles. The van der Waals surface area contributed by atoms with Crippen LogP contribution in [0.1, 0.15) is 84.5 Å². The Bertz CT molecular complexity index is 221. The molecule has 0 aliphatic heterocycles. The average molecular weight is 315 g/mol. The minimum Gasteiger partial charge on any atom is -0.396 e. The molecule has 0 saturated carbocycles. The second-order valence-electron chi connectivity index (χ2n) is 5.85. The number of hydrogen-bond acceptors (Lipinski definition) is 3. The maximum absolute atomic E-state index is 8.65. The third kappa shape index (κ3) is 16.0. The van der Waals surface area contributed by atoms with E-state index in [9.17, 15) is 0 Å². The quantitative estimate of drug-likeness (QED) is 0.227. The average Bonchev–Trinajstić information content (AvgIpc) is 2.54. The third-order valence-corrected chi connectivity index (χ3v) is 3.54. The van der Waals surface area contributed by atoms with Gasteiger partial charge in [0.2, 0.25) is 0 Å². The molecule has 0 rings (SSSR count). The van der Waals surface area contributed by atoms with E-state index in [0.717, 1.165) is 45.3 Å². The van der Waals surface area contributed by atoms with Crippen LogP contribution in [0.4, 0.5) is 0 Å². The van der Waals surface area contributed by atoms with E-state index in [4.69, 9.17) is 14.6 Å². The van der Waals surface area contributed by atoms with Crippen LogP contribution in [0.25, 0.3) is 0 Å². The fraction of sp³-hybridized carbons (Fsp3) is 0.895. The lowest BCUT2D eigenvalue weighted by molar-refractivity contribution is -0.146. The van der Waals surface area contributed by atoms with Crippen molar-refractivity contribution < 1.29 is 14.6 Å². The van der Waals surface area contributed by atoms with Crippen LogP contribution in [0.5, 0.6) is 0 Å². The summed E-state index contributed by atoms with van der Waals surface area (Å²) in [6.45, 7) is 6.14. The molecule has 0 saturated heterocycles. The summed E-state index contributed by atoms with van der Waals surface area (Å²) < 4.78 is 11.5. The Hall–Kier alpha value is -0.380. The van der Waals surface area contributed by atoms with Gasteiger partial charge in [0.15, 0.2) is 6.29 Å². The third-order valence-electron chi connectivity index (χ3n) is 3.54. The Kier molecular flexibility index (Phi) is 18.3. The van der Waals surface area contributed by atoms with Crippen molar-refractivity contribution in [2.45, 2.75) is 90.8 Å². The van der Waals surface area contributed by atoms with Gasteiger partial charge in [-0.15, -0.1) is 0 Å². The van der Waals surface area contributed by atoms with Gasteiger partial charge in [-0.2, -0.15) is 0 Å². The van der Waals surface area contributed by atoms with Gasteiger partial charge in [0.25, 0.3) is 0 Å². The first kappa shape index (κ1) is 21.6. The van der Waals surface area contributed by atoms with Crippen molar-refractivity contribution in [3.63, 3.8) is 0 Å². The molecule has 22 heavy (non-hydrogen) atoms. The Labute approximate surface area is 138 Å². The van der Waals surface area contributed by atoms with Crippen LogP contribution in [-0.4, -0.2) is 31.2 Å². The summed E-state index contributed by atoms with van der Waals surface area (Å²) in [5.74, 6) is 0. The van der Waals surface area contributed by atoms with Gasteiger partial charge >= 0.3 is 0 Å². The minimum atomic E-state index is 0.0107. The van der Waals surface area contributed by atoms with E-state index in [1.807, 2.05) is 0 Å². The van der Waals surface area contributed by atoms with Crippen LogP contribution in [0.2, 0.25) is 0 Å². The normalized spacial score (nSPS) is 11.8. The lowest BCUT2D eigenvalue weighted by Crippen LogP contribution is -2.18. The van der Waals surface area contributed by atoms with Crippen LogP contribution in [0.3, 0.4) is 0 Å². The summed E-state index contributed by atoms with van der Waals surface area (Å²) in [6, 6.07) is 0. The summed E-state index contributed by atoms with van der Waals surface area (Å²) in [5, 5.41) is 8.65. The summed E-state index contributed by atoms with van der Waals surface area (Å²) in [5.41, 5.74) is 0. The lowest BCUT2D eigenvalue weighted by atomic mass is 10.1. The Morgan fingerprint density at radius 2 is 1.32 bits per heavy atom. The van der Waals surface area contributed by atoms with Crippen LogP contribution in [0, 0.1) is 0 Å². The maximum Gasteiger partial charge on any atom is 0.157 e. The maximum atomic E-state index is 8.65. The molecule has 0 radical (unpaired) electrons. The summed E-state index contributed by atoms with van der Waals surface area (Å²) in [7, 11) is 0. The lowest BCUT2D eigenvalue weighted by Gasteiger charge is -2.18. The highest BCUT2D eigenvalue weighted by Crippen LogP contribution is 2.13. The molecule has 0 bridgehead atoms. The van der Waals surface area contributed by atoms with Gasteiger partial charge in [0.05, 0.1) is 0 Å². The van der Waals surface area contributed by atoms with E-state index in [-0.39, 0.29) is 12.9 Å². The predicted molar refractivity (Wildman–Crippen MR) is 94.1 cm³/mol. The van der Waals surface area contributed by atoms with Gasteiger partial charge in [-0.05, 0) is 44.9 Å². The van der Waals surface area contributed by atoms with Gasteiger partial charge in [-0.3, -0.25) is 0 Å². The summed E-state index contributed by atoms with van der Waals surface area (Å²) in [4.78, 5) is 0. The highest BCUT2D eigenvalue weighted by Gasteiger charge is 2.08. The standard InChI is InChI=1S/C19H38O3/c1-3-17-21-19(22-18-4-2)15-13-11-9-7-5-6-8-10-12-14-16-20/h10,12,19-20H,3-9,11,13-18H2,1-2H3/b12-10+. The van der Waals surface area contributed by atoms with E-state index in [0.29, 0.717) is 0 Å². The molecule has 0 aliphatic carbocycles. The Morgan fingerprint density at radius 3 is 1.91 bits per heavy atom.